The Morgan fingerprint density at radius 2 is 2.40 bits per heavy atom. The molecule has 4 nitrogen and oxygen atoms in total. The summed E-state index contributed by atoms with van der Waals surface area (Å²) >= 11 is 0. The molecule has 2 aromatic rings. The first-order valence-electron chi connectivity index (χ1n) is 5.09. The SMILES string of the molecule is CCNC(c1cn[nH]c1)c1ccc(C)o1. The fourth-order valence-electron chi connectivity index (χ4n) is 1.61. The summed E-state index contributed by atoms with van der Waals surface area (Å²) in [6.07, 6.45) is 3.69. The molecule has 0 amide bonds. The summed E-state index contributed by atoms with van der Waals surface area (Å²) in [5.41, 5.74) is 1.09. The molecular formula is C11H15N3O. The number of nitrogens with one attached hydrogen (secondary N) is 2. The average molecular weight is 205 g/mol. The largest absolute Gasteiger partial charge is 0.464 e. The minimum Gasteiger partial charge on any atom is -0.464 e. The maximum atomic E-state index is 5.62. The van der Waals surface area contributed by atoms with Gasteiger partial charge in [-0.2, -0.15) is 5.10 Å². The van der Waals surface area contributed by atoms with E-state index in [1.54, 1.807) is 0 Å². The van der Waals surface area contributed by atoms with Crippen molar-refractivity contribution in [1.82, 2.24) is 15.5 Å². The van der Waals surface area contributed by atoms with Crippen LogP contribution < -0.4 is 5.32 Å². The predicted octanol–water partition coefficient (Wildman–Crippen LogP) is 2.01. The van der Waals surface area contributed by atoms with Gasteiger partial charge < -0.3 is 9.73 Å². The number of furan rings is 1. The van der Waals surface area contributed by atoms with Crippen LogP contribution in [-0.4, -0.2) is 16.7 Å². The Hall–Kier alpha value is -1.55. The van der Waals surface area contributed by atoms with Gasteiger partial charge in [-0.25, -0.2) is 0 Å². The van der Waals surface area contributed by atoms with Gasteiger partial charge in [0.15, 0.2) is 0 Å². The first-order chi connectivity index (χ1) is 7.31. The van der Waals surface area contributed by atoms with Gasteiger partial charge in [0.25, 0.3) is 0 Å². The van der Waals surface area contributed by atoms with Crippen LogP contribution in [0.1, 0.15) is 30.0 Å². The van der Waals surface area contributed by atoms with Crippen molar-refractivity contribution in [3.05, 3.63) is 41.6 Å². The summed E-state index contributed by atoms with van der Waals surface area (Å²) in [6.45, 7) is 4.90. The number of hydrogen-bond acceptors (Lipinski definition) is 3. The van der Waals surface area contributed by atoms with Gasteiger partial charge in [-0.15, -0.1) is 0 Å². The second kappa shape index (κ2) is 4.31. The van der Waals surface area contributed by atoms with Crippen molar-refractivity contribution >= 4 is 0 Å². The summed E-state index contributed by atoms with van der Waals surface area (Å²) in [5, 5.41) is 10.1. The second-order valence-electron chi connectivity index (χ2n) is 3.47. The van der Waals surface area contributed by atoms with E-state index in [0.717, 1.165) is 23.6 Å². The minimum absolute atomic E-state index is 0.0856. The topological polar surface area (TPSA) is 53.9 Å². The van der Waals surface area contributed by atoms with E-state index in [-0.39, 0.29) is 6.04 Å². The van der Waals surface area contributed by atoms with Crippen LogP contribution >= 0.6 is 0 Å². The highest BCUT2D eigenvalue weighted by atomic mass is 16.3. The number of aromatic nitrogens is 2. The van der Waals surface area contributed by atoms with E-state index in [1.165, 1.54) is 0 Å². The molecule has 2 rings (SSSR count). The Morgan fingerprint density at radius 3 is 2.93 bits per heavy atom. The highest BCUT2D eigenvalue weighted by molar-refractivity contribution is 5.22. The molecular weight excluding hydrogens is 190 g/mol. The standard InChI is InChI=1S/C11H15N3O/c1-3-12-11(9-6-13-14-7-9)10-5-4-8(2)15-10/h4-7,11-12H,3H2,1-2H3,(H,13,14). The Labute approximate surface area is 88.7 Å². The van der Waals surface area contributed by atoms with Gasteiger partial charge in [-0.05, 0) is 25.6 Å². The molecule has 80 valence electrons. The summed E-state index contributed by atoms with van der Waals surface area (Å²) in [6, 6.07) is 4.05. The van der Waals surface area contributed by atoms with Gasteiger partial charge in [0.1, 0.15) is 11.5 Å². The number of aryl methyl sites for hydroxylation is 1. The smallest absolute Gasteiger partial charge is 0.125 e. The number of hydrogen-bond donors (Lipinski definition) is 2. The third-order valence-electron chi connectivity index (χ3n) is 2.31. The van der Waals surface area contributed by atoms with E-state index < -0.39 is 0 Å². The van der Waals surface area contributed by atoms with Gasteiger partial charge in [0, 0.05) is 11.8 Å². The number of aromatic amines is 1. The molecule has 0 aromatic carbocycles. The van der Waals surface area contributed by atoms with Crippen LogP contribution in [0.25, 0.3) is 0 Å². The zero-order valence-electron chi connectivity index (χ0n) is 8.95. The van der Waals surface area contributed by atoms with Gasteiger partial charge in [0.05, 0.1) is 12.2 Å². The Kier molecular flexibility index (Phi) is 2.87. The molecule has 0 aliphatic carbocycles. The van der Waals surface area contributed by atoms with E-state index in [9.17, 15) is 0 Å². The van der Waals surface area contributed by atoms with Gasteiger partial charge >= 0.3 is 0 Å². The van der Waals surface area contributed by atoms with Crippen LogP contribution in [0.3, 0.4) is 0 Å². The second-order valence-corrected chi connectivity index (χ2v) is 3.47. The van der Waals surface area contributed by atoms with Crippen LogP contribution in [0, 0.1) is 6.92 Å². The van der Waals surface area contributed by atoms with Crippen LogP contribution in [0.15, 0.2) is 28.9 Å². The third kappa shape index (κ3) is 2.10. The normalized spacial score (nSPS) is 12.9. The number of nitrogens with zero attached hydrogens (tertiary/aromatic N) is 1. The van der Waals surface area contributed by atoms with E-state index in [1.807, 2.05) is 31.5 Å². The molecule has 0 aliphatic rings. The Bertz CT molecular complexity index is 405. The summed E-state index contributed by atoms with van der Waals surface area (Å²) in [7, 11) is 0. The van der Waals surface area contributed by atoms with Crippen LogP contribution in [0.2, 0.25) is 0 Å². The van der Waals surface area contributed by atoms with Gasteiger partial charge in [-0.1, -0.05) is 6.92 Å². The van der Waals surface area contributed by atoms with Crippen molar-refractivity contribution < 1.29 is 4.42 Å². The van der Waals surface area contributed by atoms with Crippen molar-refractivity contribution in [3.8, 4) is 0 Å². The van der Waals surface area contributed by atoms with Crippen molar-refractivity contribution in [2.75, 3.05) is 6.54 Å². The molecule has 4 heteroatoms. The monoisotopic (exact) mass is 205 g/mol. The van der Waals surface area contributed by atoms with Gasteiger partial charge in [-0.3, -0.25) is 5.10 Å². The molecule has 1 atom stereocenters. The predicted molar refractivity (Wildman–Crippen MR) is 57.6 cm³/mol. The molecule has 2 aromatic heterocycles. The molecule has 2 N–H and O–H groups in total. The summed E-state index contributed by atoms with van der Waals surface area (Å²) in [4.78, 5) is 0. The molecule has 0 aliphatic heterocycles. The maximum Gasteiger partial charge on any atom is 0.125 e. The number of rotatable bonds is 4. The lowest BCUT2D eigenvalue weighted by Crippen LogP contribution is -2.21. The fourth-order valence-corrected chi connectivity index (χ4v) is 1.61. The van der Waals surface area contributed by atoms with E-state index >= 15 is 0 Å². The first kappa shape index (κ1) is 9.98. The molecule has 0 bridgehead atoms. The first-order valence-corrected chi connectivity index (χ1v) is 5.09. The Balaban J connectivity index is 2.27. The fraction of sp³-hybridized carbons (Fsp3) is 0.364. The average Bonchev–Trinajstić information content (AvgIpc) is 2.85. The molecule has 1 unspecified atom stereocenters. The maximum absolute atomic E-state index is 5.62. The highest BCUT2D eigenvalue weighted by Crippen LogP contribution is 2.22. The third-order valence-corrected chi connectivity index (χ3v) is 2.31. The van der Waals surface area contributed by atoms with E-state index in [0.29, 0.717) is 0 Å². The molecule has 0 spiro atoms. The lowest BCUT2D eigenvalue weighted by atomic mass is 10.1. The Morgan fingerprint density at radius 1 is 1.53 bits per heavy atom. The zero-order chi connectivity index (χ0) is 10.7. The highest BCUT2D eigenvalue weighted by Gasteiger charge is 2.16. The number of H-pyrrole nitrogens is 1. The van der Waals surface area contributed by atoms with Gasteiger partial charge in [0.2, 0.25) is 0 Å². The van der Waals surface area contributed by atoms with Crippen molar-refractivity contribution in [3.63, 3.8) is 0 Å². The molecule has 0 saturated heterocycles. The lowest BCUT2D eigenvalue weighted by Gasteiger charge is -2.13. The molecule has 0 fully saturated rings. The van der Waals surface area contributed by atoms with E-state index in [2.05, 4.69) is 22.4 Å². The van der Waals surface area contributed by atoms with Crippen molar-refractivity contribution in [2.45, 2.75) is 19.9 Å². The zero-order valence-corrected chi connectivity index (χ0v) is 8.95. The summed E-state index contributed by atoms with van der Waals surface area (Å²) < 4.78 is 5.62. The lowest BCUT2D eigenvalue weighted by molar-refractivity contribution is 0.435. The van der Waals surface area contributed by atoms with Crippen LogP contribution in [0.4, 0.5) is 0 Å². The summed E-state index contributed by atoms with van der Waals surface area (Å²) in [5.74, 6) is 1.85. The molecule has 0 radical (unpaired) electrons. The molecule has 15 heavy (non-hydrogen) atoms. The van der Waals surface area contributed by atoms with Crippen LogP contribution in [-0.2, 0) is 0 Å². The molecule has 0 saturated carbocycles. The van der Waals surface area contributed by atoms with Crippen LogP contribution in [0.5, 0.6) is 0 Å². The molecule has 2 heterocycles. The van der Waals surface area contributed by atoms with Crippen molar-refractivity contribution in [2.24, 2.45) is 0 Å². The van der Waals surface area contributed by atoms with E-state index in [4.69, 9.17) is 4.42 Å². The minimum atomic E-state index is 0.0856. The van der Waals surface area contributed by atoms with Crippen molar-refractivity contribution in [1.29, 1.82) is 0 Å². The quantitative estimate of drug-likeness (QED) is 0.802.